The first-order valence-corrected chi connectivity index (χ1v) is 9.17. The van der Waals surface area contributed by atoms with Crippen LogP contribution in [0.2, 0.25) is 0 Å². The standard InChI is InChI=1S/C17H19N3O3S/c18-24(22,23)15-8-6-14(7-9-15)20-16(21)19-12-17(10-11-17)13-4-2-1-3-5-13/h1-9H,10-12H2,(H2,18,22,23)(H2,19,20,21). The molecule has 0 aromatic heterocycles. The number of benzene rings is 2. The first-order chi connectivity index (χ1) is 11.4. The summed E-state index contributed by atoms with van der Waals surface area (Å²) in [7, 11) is -3.73. The lowest BCUT2D eigenvalue weighted by Crippen LogP contribution is -2.35. The van der Waals surface area contributed by atoms with Crippen LogP contribution in [0, 0.1) is 0 Å². The number of hydrogen-bond donors (Lipinski definition) is 3. The predicted octanol–water partition coefficient (Wildman–Crippen LogP) is 2.19. The summed E-state index contributed by atoms with van der Waals surface area (Å²) in [5.41, 5.74) is 1.78. The van der Waals surface area contributed by atoms with Gasteiger partial charge in [0.2, 0.25) is 10.0 Å². The summed E-state index contributed by atoms with van der Waals surface area (Å²) in [5.74, 6) is 0. The fourth-order valence-electron chi connectivity index (χ4n) is 2.66. The van der Waals surface area contributed by atoms with Crippen LogP contribution in [-0.4, -0.2) is 21.0 Å². The second kappa shape index (κ2) is 6.26. The number of carbonyl (C=O) groups is 1. The largest absolute Gasteiger partial charge is 0.337 e. The molecule has 1 aliphatic rings. The van der Waals surface area contributed by atoms with Gasteiger partial charge in [-0.2, -0.15) is 0 Å². The molecule has 3 rings (SSSR count). The van der Waals surface area contributed by atoms with E-state index in [4.69, 9.17) is 5.14 Å². The molecular formula is C17H19N3O3S. The second-order valence-corrected chi connectivity index (χ2v) is 7.58. The summed E-state index contributed by atoms with van der Waals surface area (Å²) in [6.45, 7) is 0.568. The Kier molecular flexibility index (Phi) is 4.29. The summed E-state index contributed by atoms with van der Waals surface area (Å²) in [4.78, 5) is 12.0. The van der Waals surface area contributed by atoms with Crippen molar-refractivity contribution in [3.05, 3.63) is 60.2 Å². The molecule has 1 fully saturated rings. The van der Waals surface area contributed by atoms with Crippen molar-refractivity contribution in [2.45, 2.75) is 23.2 Å². The molecule has 0 aliphatic heterocycles. The van der Waals surface area contributed by atoms with Gasteiger partial charge in [0.25, 0.3) is 0 Å². The van der Waals surface area contributed by atoms with E-state index >= 15 is 0 Å². The summed E-state index contributed by atoms with van der Waals surface area (Å²) >= 11 is 0. The maximum Gasteiger partial charge on any atom is 0.319 e. The zero-order chi connectivity index (χ0) is 17.2. The number of nitrogens with one attached hydrogen (secondary N) is 2. The van der Waals surface area contributed by atoms with E-state index in [0.717, 1.165) is 12.8 Å². The fourth-order valence-corrected chi connectivity index (χ4v) is 3.18. The van der Waals surface area contributed by atoms with Gasteiger partial charge < -0.3 is 10.6 Å². The van der Waals surface area contributed by atoms with Crippen molar-refractivity contribution in [2.75, 3.05) is 11.9 Å². The van der Waals surface area contributed by atoms with Crippen LogP contribution in [0.3, 0.4) is 0 Å². The number of primary sulfonamides is 1. The van der Waals surface area contributed by atoms with Crippen LogP contribution < -0.4 is 15.8 Å². The number of sulfonamides is 1. The number of amides is 2. The number of urea groups is 1. The molecule has 2 aromatic carbocycles. The van der Waals surface area contributed by atoms with E-state index in [1.54, 1.807) is 0 Å². The smallest absolute Gasteiger partial charge is 0.319 e. The minimum Gasteiger partial charge on any atom is -0.337 e. The van der Waals surface area contributed by atoms with E-state index in [2.05, 4.69) is 22.8 Å². The Morgan fingerprint density at radius 2 is 1.67 bits per heavy atom. The van der Waals surface area contributed by atoms with Gasteiger partial charge in [-0.05, 0) is 42.7 Å². The monoisotopic (exact) mass is 345 g/mol. The zero-order valence-corrected chi connectivity index (χ0v) is 13.8. The van der Waals surface area contributed by atoms with Crippen molar-refractivity contribution in [1.29, 1.82) is 0 Å². The topological polar surface area (TPSA) is 101 Å². The molecule has 0 unspecified atom stereocenters. The number of carbonyl (C=O) groups excluding carboxylic acids is 1. The van der Waals surface area contributed by atoms with Gasteiger partial charge in [-0.25, -0.2) is 18.4 Å². The van der Waals surface area contributed by atoms with Gasteiger partial charge >= 0.3 is 6.03 Å². The molecule has 0 bridgehead atoms. The van der Waals surface area contributed by atoms with Crippen molar-refractivity contribution >= 4 is 21.7 Å². The highest BCUT2D eigenvalue weighted by Gasteiger charge is 2.44. The van der Waals surface area contributed by atoms with Crippen LogP contribution in [0.25, 0.3) is 0 Å². The maximum absolute atomic E-state index is 12.0. The molecular weight excluding hydrogens is 326 g/mol. The van der Waals surface area contributed by atoms with Gasteiger partial charge in [-0.1, -0.05) is 30.3 Å². The van der Waals surface area contributed by atoms with Crippen molar-refractivity contribution in [2.24, 2.45) is 5.14 Å². The molecule has 0 atom stereocenters. The maximum atomic E-state index is 12.0. The van der Waals surface area contributed by atoms with Crippen molar-refractivity contribution in [1.82, 2.24) is 5.32 Å². The van der Waals surface area contributed by atoms with Crippen LogP contribution >= 0.6 is 0 Å². The number of rotatable bonds is 5. The quantitative estimate of drug-likeness (QED) is 0.774. The summed E-state index contributed by atoms with van der Waals surface area (Å²) in [6, 6.07) is 15.6. The second-order valence-electron chi connectivity index (χ2n) is 6.02. The first kappa shape index (κ1) is 16.5. The minimum absolute atomic E-state index is 0.00877. The third-order valence-electron chi connectivity index (χ3n) is 4.27. The fraction of sp³-hybridized carbons (Fsp3) is 0.235. The summed E-state index contributed by atoms with van der Waals surface area (Å²) in [5, 5.41) is 10.6. The SMILES string of the molecule is NS(=O)(=O)c1ccc(NC(=O)NCC2(c3ccccc3)CC2)cc1. The molecule has 2 aromatic rings. The Hall–Kier alpha value is -2.38. The molecule has 0 spiro atoms. The Balaban J connectivity index is 1.57. The highest BCUT2D eigenvalue weighted by molar-refractivity contribution is 7.89. The lowest BCUT2D eigenvalue weighted by molar-refractivity contribution is 0.251. The zero-order valence-electron chi connectivity index (χ0n) is 13.0. The van der Waals surface area contributed by atoms with Crippen molar-refractivity contribution in [3.8, 4) is 0 Å². The molecule has 0 radical (unpaired) electrons. The van der Waals surface area contributed by atoms with E-state index in [9.17, 15) is 13.2 Å². The van der Waals surface area contributed by atoms with Crippen LogP contribution in [0.15, 0.2) is 59.5 Å². The third-order valence-corrected chi connectivity index (χ3v) is 5.20. The minimum atomic E-state index is -3.73. The molecule has 2 amide bonds. The van der Waals surface area contributed by atoms with Crippen LogP contribution in [0.4, 0.5) is 10.5 Å². The van der Waals surface area contributed by atoms with Crippen LogP contribution in [-0.2, 0) is 15.4 Å². The average Bonchev–Trinajstić information content (AvgIpc) is 3.35. The van der Waals surface area contributed by atoms with E-state index in [0.29, 0.717) is 12.2 Å². The molecule has 0 heterocycles. The van der Waals surface area contributed by atoms with Gasteiger partial charge in [0.05, 0.1) is 4.90 Å². The highest BCUT2D eigenvalue weighted by Crippen LogP contribution is 2.47. The lowest BCUT2D eigenvalue weighted by atomic mass is 9.96. The lowest BCUT2D eigenvalue weighted by Gasteiger charge is -2.17. The van der Waals surface area contributed by atoms with Gasteiger partial charge in [0.1, 0.15) is 0 Å². The van der Waals surface area contributed by atoms with E-state index in [1.165, 1.54) is 29.8 Å². The van der Waals surface area contributed by atoms with Gasteiger partial charge in [0, 0.05) is 17.6 Å². The van der Waals surface area contributed by atoms with E-state index < -0.39 is 10.0 Å². The third kappa shape index (κ3) is 3.74. The molecule has 6 nitrogen and oxygen atoms in total. The van der Waals surface area contributed by atoms with E-state index in [1.807, 2.05) is 18.2 Å². The van der Waals surface area contributed by atoms with Gasteiger partial charge in [0.15, 0.2) is 0 Å². The van der Waals surface area contributed by atoms with Crippen molar-refractivity contribution in [3.63, 3.8) is 0 Å². The Labute approximate surface area is 141 Å². The summed E-state index contributed by atoms with van der Waals surface area (Å²) in [6.07, 6.45) is 2.11. The Morgan fingerprint density at radius 1 is 1.04 bits per heavy atom. The number of anilines is 1. The number of hydrogen-bond acceptors (Lipinski definition) is 3. The summed E-state index contributed by atoms with van der Waals surface area (Å²) < 4.78 is 22.4. The Bertz CT molecular complexity index is 829. The average molecular weight is 345 g/mol. The van der Waals surface area contributed by atoms with Gasteiger partial charge in [-0.3, -0.25) is 0 Å². The number of nitrogens with two attached hydrogens (primary N) is 1. The molecule has 126 valence electrons. The molecule has 1 aliphatic carbocycles. The van der Waals surface area contributed by atoms with Gasteiger partial charge in [-0.15, -0.1) is 0 Å². The molecule has 1 saturated carbocycles. The molecule has 0 saturated heterocycles. The predicted molar refractivity (Wildman–Crippen MR) is 92.2 cm³/mol. The molecule has 7 heteroatoms. The first-order valence-electron chi connectivity index (χ1n) is 7.62. The van der Waals surface area contributed by atoms with Crippen LogP contribution in [0.1, 0.15) is 18.4 Å². The molecule has 24 heavy (non-hydrogen) atoms. The highest BCUT2D eigenvalue weighted by atomic mass is 32.2. The van der Waals surface area contributed by atoms with E-state index in [-0.39, 0.29) is 16.3 Å². The van der Waals surface area contributed by atoms with Crippen molar-refractivity contribution < 1.29 is 13.2 Å². The molecule has 4 N–H and O–H groups in total. The Morgan fingerprint density at radius 3 is 2.21 bits per heavy atom. The normalized spacial score (nSPS) is 15.5. The van der Waals surface area contributed by atoms with Crippen LogP contribution in [0.5, 0.6) is 0 Å².